The lowest BCUT2D eigenvalue weighted by Gasteiger charge is -2.28. The molecule has 5 rings (SSSR count). The van der Waals surface area contributed by atoms with Gasteiger partial charge in [-0.3, -0.25) is 4.79 Å². The summed E-state index contributed by atoms with van der Waals surface area (Å²) in [5.74, 6) is 0.369. The maximum atomic E-state index is 14.4. The van der Waals surface area contributed by atoms with Crippen LogP contribution < -0.4 is 5.32 Å². The van der Waals surface area contributed by atoms with Crippen molar-refractivity contribution in [2.75, 3.05) is 26.2 Å². The summed E-state index contributed by atoms with van der Waals surface area (Å²) in [6.45, 7) is 4.93. The molecule has 1 amide bonds. The number of pyridine rings is 1. The van der Waals surface area contributed by atoms with E-state index in [2.05, 4.69) is 21.9 Å². The maximum Gasteiger partial charge on any atom is 0.271 e. The first kappa shape index (κ1) is 21.2. The lowest BCUT2D eigenvalue weighted by Crippen LogP contribution is -2.46. The Kier molecular flexibility index (Phi) is 6.01. The van der Waals surface area contributed by atoms with Crippen LogP contribution in [0.1, 0.15) is 70.8 Å². The van der Waals surface area contributed by atoms with E-state index in [9.17, 15) is 9.18 Å². The fourth-order valence-electron chi connectivity index (χ4n) is 5.59. The highest BCUT2D eigenvalue weighted by Gasteiger charge is 2.31. The standard InChI is InChI=1S/C27H32FN3O/c1-19-21(10-7-11-23(19)28)18-22-25(20-8-3-2-4-9-20)24-12-5-6-15-31(24)26(22)27(32)30-16-13-29-14-17-30/h5-7,10-12,15,20,29H,2-4,8-9,13-14,16-18H2,1H3. The van der Waals surface area contributed by atoms with E-state index in [1.165, 1.54) is 30.9 Å². The second-order valence-corrected chi connectivity index (χ2v) is 9.27. The molecule has 4 nitrogen and oxygen atoms in total. The first-order valence-corrected chi connectivity index (χ1v) is 12.0. The van der Waals surface area contributed by atoms with Gasteiger partial charge in [0.25, 0.3) is 5.91 Å². The molecule has 1 aliphatic heterocycles. The molecular formula is C27H32FN3O. The topological polar surface area (TPSA) is 36.8 Å². The number of hydrogen-bond donors (Lipinski definition) is 1. The van der Waals surface area contributed by atoms with Crippen LogP contribution in [-0.4, -0.2) is 41.4 Å². The number of carbonyl (C=O) groups is 1. The third-order valence-electron chi connectivity index (χ3n) is 7.36. The van der Waals surface area contributed by atoms with E-state index in [0.29, 0.717) is 17.9 Å². The number of piperazine rings is 1. The molecule has 2 fully saturated rings. The van der Waals surface area contributed by atoms with E-state index in [-0.39, 0.29) is 11.7 Å². The highest BCUT2D eigenvalue weighted by Crippen LogP contribution is 2.40. The van der Waals surface area contributed by atoms with Gasteiger partial charge in [-0.25, -0.2) is 4.39 Å². The van der Waals surface area contributed by atoms with E-state index >= 15 is 0 Å². The Bertz CT molecular complexity index is 1120. The highest BCUT2D eigenvalue weighted by atomic mass is 19.1. The van der Waals surface area contributed by atoms with Crippen LogP contribution in [-0.2, 0) is 6.42 Å². The molecule has 0 atom stereocenters. The Morgan fingerprint density at radius 1 is 1.06 bits per heavy atom. The van der Waals surface area contributed by atoms with Gasteiger partial charge in [-0.15, -0.1) is 0 Å². The van der Waals surface area contributed by atoms with E-state index in [0.717, 1.165) is 61.4 Å². The summed E-state index contributed by atoms with van der Waals surface area (Å²) in [6.07, 6.45) is 8.68. The number of hydrogen-bond acceptors (Lipinski definition) is 2. The predicted octanol–water partition coefficient (Wildman–Crippen LogP) is 5.07. The Balaban J connectivity index is 1.70. The summed E-state index contributed by atoms with van der Waals surface area (Å²) >= 11 is 0. The largest absolute Gasteiger partial charge is 0.335 e. The second-order valence-electron chi connectivity index (χ2n) is 9.27. The van der Waals surface area contributed by atoms with Crippen LogP contribution in [0.4, 0.5) is 4.39 Å². The number of rotatable bonds is 4. The quantitative estimate of drug-likeness (QED) is 0.624. The van der Waals surface area contributed by atoms with Crippen molar-refractivity contribution in [3.8, 4) is 0 Å². The van der Waals surface area contributed by atoms with Gasteiger partial charge in [-0.1, -0.05) is 37.5 Å². The Morgan fingerprint density at radius 2 is 1.84 bits per heavy atom. The first-order chi connectivity index (χ1) is 15.6. The van der Waals surface area contributed by atoms with Gasteiger partial charge in [-0.2, -0.15) is 0 Å². The number of benzene rings is 1. The average Bonchev–Trinajstić information content (AvgIpc) is 3.16. The van der Waals surface area contributed by atoms with Crippen LogP contribution in [0.5, 0.6) is 0 Å². The molecule has 1 saturated carbocycles. The number of nitrogens with zero attached hydrogens (tertiary/aromatic N) is 2. The number of halogens is 1. The van der Waals surface area contributed by atoms with Crippen molar-refractivity contribution in [3.05, 3.63) is 76.4 Å². The van der Waals surface area contributed by atoms with Crippen molar-refractivity contribution in [2.24, 2.45) is 0 Å². The van der Waals surface area contributed by atoms with Gasteiger partial charge in [0.1, 0.15) is 11.5 Å². The van der Waals surface area contributed by atoms with Crippen molar-refractivity contribution in [1.82, 2.24) is 14.6 Å². The molecule has 0 spiro atoms. The lowest BCUT2D eigenvalue weighted by atomic mass is 9.81. The zero-order valence-electron chi connectivity index (χ0n) is 18.9. The van der Waals surface area contributed by atoms with Crippen molar-refractivity contribution in [3.63, 3.8) is 0 Å². The van der Waals surface area contributed by atoms with Crippen molar-refractivity contribution in [2.45, 2.75) is 51.4 Å². The van der Waals surface area contributed by atoms with Crippen LogP contribution >= 0.6 is 0 Å². The number of fused-ring (bicyclic) bond motifs is 1. The van der Waals surface area contributed by atoms with Gasteiger partial charge in [0.2, 0.25) is 0 Å². The molecule has 0 radical (unpaired) electrons. The predicted molar refractivity (Wildman–Crippen MR) is 126 cm³/mol. The van der Waals surface area contributed by atoms with Crippen LogP contribution in [0.3, 0.4) is 0 Å². The van der Waals surface area contributed by atoms with Crippen LogP contribution in [0, 0.1) is 12.7 Å². The molecule has 3 heterocycles. The van der Waals surface area contributed by atoms with E-state index < -0.39 is 0 Å². The first-order valence-electron chi connectivity index (χ1n) is 12.0. The third-order valence-corrected chi connectivity index (χ3v) is 7.36. The normalized spacial score (nSPS) is 17.8. The minimum atomic E-state index is -0.180. The van der Waals surface area contributed by atoms with Gasteiger partial charge in [0.15, 0.2) is 0 Å². The Morgan fingerprint density at radius 3 is 2.62 bits per heavy atom. The summed E-state index contributed by atoms with van der Waals surface area (Å²) in [7, 11) is 0. The number of carbonyl (C=O) groups excluding carboxylic acids is 1. The molecule has 2 aliphatic rings. The molecular weight excluding hydrogens is 401 g/mol. The van der Waals surface area contributed by atoms with Gasteiger partial charge in [0, 0.05) is 44.3 Å². The Hall–Kier alpha value is -2.66. The van der Waals surface area contributed by atoms with Gasteiger partial charge in [0.05, 0.1) is 0 Å². The molecule has 1 aromatic carbocycles. The van der Waals surface area contributed by atoms with Gasteiger partial charge < -0.3 is 14.6 Å². The van der Waals surface area contributed by atoms with Gasteiger partial charge in [-0.05, 0) is 66.1 Å². The zero-order chi connectivity index (χ0) is 22.1. The third kappa shape index (κ3) is 3.83. The number of amides is 1. The smallest absolute Gasteiger partial charge is 0.271 e. The summed E-state index contributed by atoms with van der Waals surface area (Å²) < 4.78 is 16.5. The molecule has 1 saturated heterocycles. The van der Waals surface area contributed by atoms with Gasteiger partial charge >= 0.3 is 0 Å². The summed E-state index contributed by atoms with van der Waals surface area (Å²) in [5.41, 5.74) is 5.96. The van der Waals surface area contributed by atoms with Crippen molar-refractivity contribution < 1.29 is 9.18 Å². The second kappa shape index (κ2) is 9.07. The molecule has 0 bridgehead atoms. The molecule has 3 aromatic rings. The molecule has 5 heteroatoms. The molecule has 32 heavy (non-hydrogen) atoms. The SMILES string of the molecule is Cc1c(F)cccc1Cc1c(C2CCCCC2)c2ccccn2c1C(=O)N1CCNCC1. The number of aromatic nitrogens is 1. The van der Waals surface area contributed by atoms with Crippen LogP contribution in [0.2, 0.25) is 0 Å². The maximum absolute atomic E-state index is 14.4. The fraction of sp³-hybridized carbons (Fsp3) is 0.444. The van der Waals surface area contributed by atoms with E-state index in [4.69, 9.17) is 0 Å². The lowest BCUT2D eigenvalue weighted by molar-refractivity contribution is 0.0728. The number of nitrogens with one attached hydrogen (secondary N) is 1. The molecule has 0 unspecified atom stereocenters. The monoisotopic (exact) mass is 433 g/mol. The molecule has 168 valence electrons. The summed E-state index contributed by atoms with van der Waals surface area (Å²) in [6, 6.07) is 11.5. The zero-order valence-corrected chi connectivity index (χ0v) is 18.9. The minimum absolute atomic E-state index is 0.0961. The minimum Gasteiger partial charge on any atom is -0.335 e. The van der Waals surface area contributed by atoms with Crippen LogP contribution in [0.15, 0.2) is 42.6 Å². The molecule has 1 N–H and O–H groups in total. The molecule has 2 aromatic heterocycles. The van der Waals surface area contributed by atoms with Crippen molar-refractivity contribution >= 4 is 11.4 Å². The van der Waals surface area contributed by atoms with E-state index in [1.54, 1.807) is 6.07 Å². The van der Waals surface area contributed by atoms with Crippen molar-refractivity contribution in [1.29, 1.82) is 0 Å². The average molecular weight is 434 g/mol. The highest BCUT2D eigenvalue weighted by molar-refractivity contribution is 5.97. The summed E-state index contributed by atoms with van der Waals surface area (Å²) in [5, 5.41) is 3.34. The summed E-state index contributed by atoms with van der Waals surface area (Å²) in [4.78, 5) is 15.8. The Labute approximate surface area is 189 Å². The fourth-order valence-corrected chi connectivity index (χ4v) is 5.59. The van der Waals surface area contributed by atoms with Crippen LogP contribution in [0.25, 0.3) is 5.52 Å². The van der Waals surface area contributed by atoms with E-state index in [1.807, 2.05) is 30.2 Å². The molecule has 1 aliphatic carbocycles.